The Kier molecular flexibility index (Phi) is 3.05. The van der Waals surface area contributed by atoms with Crippen LogP contribution in [0.2, 0.25) is 0 Å². The lowest BCUT2D eigenvalue weighted by atomic mass is 10.1. The van der Waals surface area contributed by atoms with Crippen LogP contribution in [0.5, 0.6) is 0 Å². The lowest BCUT2D eigenvalue weighted by molar-refractivity contribution is 0.101. The number of morpholine rings is 1. The average molecular weight is 221 g/mol. The number of anilines is 2. The SMILES string of the molecule is CC(=O)c1cnc(N2CCOCC2)cc1N. The Balaban J connectivity index is 2.23. The molecule has 2 rings (SSSR count). The van der Waals surface area contributed by atoms with E-state index in [1.54, 1.807) is 12.3 Å². The van der Waals surface area contributed by atoms with Gasteiger partial charge in [0.05, 0.1) is 18.8 Å². The van der Waals surface area contributed by atoms with E-state index in [4.69, 9.17) is 10.5 Å². The van der Waals surface area contributed by atoms with E-state index >= 15 is 0 Å². The second kappa shape index (κ2) is 4.49. The predicted octanol–water partition coefficient (Wildman–Crippen LogP) is 0.703. The van der Waals surface area contributed by atoms with Crippen molar-refractivity contribution in [1.82, 2.24) is 4.98 Å². The minimum Gasteiger partial charge on any atom is -0.398 e. The Morgan fingerprint density at radius 3 is 2.75 bits per heavy atom. The monoisotopic (exact) mass is 221 g/mol. The van der Waals surface area contributed by atoms with E-state index in [0.29, 0.717) is 24.5 Å². The van der Waals surface area contributed by atoms with Crippen LogP contribution in [0.4, 0.5) is 11.5 Å². The molecule has 0 saturated carbocycles. The van der Waals surface area contributed by atoms with Crippen molar-refractivity contribution >= 4 is 17.3 Å². The zero-order valence-electron chi connectivity index (χ0n) is 9.27. The summed E-state index contributed by atoms with van der Waals surface area (Å²) in [4.78, 5) is 17.6. The van der Waals surface area contributed by atoms with Crippen molar-refractivity contribution in [2.45, 2.75) is 6.92 Å². The Hall–Kier alpha value is -1.62. The second-order valence-corrected chi connectivity index (χ2v) is 3.79. The largest absolute Gasteiger partial charge is 0.398 e. The summed E-state index contributed by atoms with van der Waals surface area (Å²) in [5.74, 6) is 0.754. The summed E-state index contributed by atoms with van der Waals surface area (Å²) in [5, 5.41) is 0. The van der Waals surface area contributed by atoms with Crippen LogP contribution in [0.15, 0.2) is 12.3 Å². The molecule has 5 heteroatoms. The number of nitrogens with zero attached hydrogens (tertiary/aromatic N) is 2. The minimum absolute atomic E-state index is 0.0569. The molecule has 1 aliphatic heterocycles. The maximum absolute atomic E-state index is 11.2. The van der Waals surface area contributed by atoms with Gasteiger partial charge in [0.2, 0.25) is 0 Å². The van der Waals surface area contributed by atoms with Gasteiger partial charge in [-0.1, -0.05) is 0 Å². The fraction of sp³-hybridized carbons (Fsp3) is 0.455. The molecule has 0 bridgehead atoms. The van der Waals surface area contributed by atoms with Crippen molar-refractivity contribution in [3.05, 3.63) is 17.8 Å². The highest BCUT2D eigenvalue weighted by molar-refractivity contribution is 5.99. The lowest BCUT2D eigenvalue weighted by Crippen LogP contribution is -2.36. The average Bonchev–Trinajstić information content (AvgIpc) is 2.29. The van der Waals surface area contributed by atoms with E-state index in [2.05, 4.69) is 9.88 Å². The van der Waals surface area contributed by atoms with Crippen molar-refractivity contribution in [3.8, 4) is 0 Å². The Bertz CT molecular complexity index is 400. The number of nitrogen functional groups attached to an aromatic ring is 1. The molecule has 1 aromatic rings. The van der Waals surface area contributed by atoms with Crippen LogP contribution in [0, 0.1) is 0 Å². The van der Waals surface area contributed by atoms with Crippen molar-refractivity contribution < 1.29 is 9.53 Å². The number of carbonyl (C=O) groups is 1. The highest BCUT2D eigenvalue weighted by Gasteiger charge is 2.14. The summed E-state index contributed by atoms with van der Waals surface area (Å²) in [5.41, 5.74) is 6.78. The molecule has 0 radical (unpaired) electrons. The summed E-state index contributed by atoms with van der Waals surface area (Å²) < 4.78 is 5.26. The van der Waals surface area contributed by atoms with Gasteiger partial charge >= 0.3 is 0 Å². The third kappa shape index (κ3) is 2.14. The predicted molar refractivity (Wildman–Crippen MR) is 61.7 cm³/mol. The Labute approximate surface area is 94.2 Å². The van der Waals surface area contributed by atoms with Gasteiger partial charge in [-0.2, -0.15) is 0 Å². The minimum atomic E-state index is -0.0569. The number of ketones is 1. The highest BCUT2D eigenvalue weighted by Crippen LogP contribution is 2.19. The number of hydrogen-bond donors (Lipinski definition) is 1. The maximum atomic E-state index is 11.2. The summed E-state index contributed by atoms with van der Waals surface area (Å²) in [6.07, 6.45) is 1.54. The fourth-order valence-corrected chi connectivity index (χ4v) is 1.72. The van der Waals surface area contributed by atoms with E-state index in [9.17, 15) is 4.79 Å². The number of pyridine rings is 1. The molecule has 0 amide bonds. The molecule has 2 heterocycles. The van der Waals surface area contributed by atoms with Crippen LogP contribution in [0.25, 0.3) is 0 Å². The number of ether oxygens (including phenoxy) is 1. The Morgan fingerprint density at radius 1 is 1.50 bits per heavy atom. The third-order valence-electron chi connectivity index (χ3n) is 2.64. The molecule has 0 atom stereocenters. The van der Waals surface area contributed by atoms with Crippen LogP contribution in [0.1, 0.15) is 17.3 Å². The third-order valence-corrected chi connectivity index (χ3v) is 2.64. The molecular weight excluding hydrogens is 206 g/mol. The van der Waals surface area contributed by atoms with Gasteiger partial charge < -0.3 is 15.4 Å². The molecule has 16 heavy (non-hydrogen) atoms. The first-order valence-electron chi connectivity index (χ1n) is 5.27. The van der Waals surface area contributed by atoms with Gasteiger partial charge in [0, 0.05) is 31.0 Å². The molecular formula is C11H15N3O2. The van der Waals surface area contributed by atoms with E-state index in [1.165, 1.54) is 6.92 Å². The van der Waals surface area contributed by atoms with Crippen LogP contribution in [-0.2, 0) is 4.74 Å². The maximum Gasteiger partial charge on any atom is 0.163 e. The molecule has 5 nitrogen and oxygen atoms in total. The molecule has 86 valence electrons. The quantitative estimate of drug-likeness (QED) is 0.745. The molecule has 1 aliphatic rings. The van der Waals surface area contributed by atoms with E-state index in [-0.39, 0.29) is 5.78 Å². The van der Waals surface area contributed by atoms with Crippen LogP contribution < -0.4 is 10.6 Å². The summed E-state index contributed by atoms with van der Waals surface area (Å²) in [6.45, 7) is 4.52. The highest BCUT2D eigenvalue weighted by atomic mass is 16.5. The molecule has 0 aromatic carbocycles. The molecule has 0 spiro atoms. The van der Waals surface area contributed by atoms with Crippen LogP contribution >= 0.6 is 0 Å². The molecule has 0 unspecified atom stereocenters. The normalized spacial score (nSPS) is 16.2. The summed E-state index contributed by atoms with van der Waals surface area (Å²) >= 11 is 0. The zero-order valence-corrected chi connectivity index (χ0v) is 9.27. The topological polar surface area (TPSA) is 68.5 Å². The number of rotatable bonds is 2. The standard InChI is InChI=1S/C11H15N3O2/c1-8(15)9-7-13-11(6-10(9)12)14-2-4-16-5-3-14/h6-7H,2-5H2,1H3,(H2,12,13). The molecule has 1 aromatic heterocycles. The van der Waals surface area contributed by atoms with Gasteiger partial charge in [0.1, 0.15) is 5.82 Å². The Morgan fingerprint density at radius 2 is 2.19 bits per heavy atom. The number of carbonyl (C=O) groups excluding carboxylic acids is 1. The molecule has 2 N–H and O–H groups in total. The van der Waals surface area contributed by atoms with Crippen LogP contribution in [-0.4, -0.2) is 37.1 Å². The molecule has 1 fully saturated rings. The first-order chi connectivity index (χ1) is 7.68. The van der Waals surface area contributed by atoms with Gasteiger partial charge in [-0.3, -0.25) is 4.79 Å². The van der Waals surface area contributed by atoms with Crippen molar-refractivity contribution in [3.63, 3.8) is 0 Å². The number of hydrogen-bond acceptors (Lipinski definition) is 5. The van der Waals surface area contributed by atoms with Gasteiger partial charge in [-0.25, -0.2) is 4.98 Å². The first-order valence-corrected chi connectivity index (χ1v) is 5.27. The first kappa shape index (κ1) is 10.9. The van der Waals surface area contributed by atoms with E-state index < -0.39 is 0 Å². The zero-order chi connectivity index (χ0) is 11.5. The number of aromatic nitrogens is 1. The molecule has 0 aliphatic carbocycles. The van der Waals surface area contributed by atoms with E-state index in [0.717, 1.165) is 18.9 Å². The van der Waals surface area contributed by atoms with Crippen LogP contribution in [0.3, 0.4) is 0 Å². The molecule has 1 saturated heterocycles. The van der Waals surface area contributed by atoms with Crippen molar-refractivity contribution in [2.24, 2.45) is 0 Å². The van der Waals surface area contributed by atoms with Gasteiger partial charge in [-0.15, -0.1) is 0 Å². The van der Waals surface area contributed by atoms with Crippen molar-refractivity contribution in [2.75, 3.05) is 36.9 Å². The van der Waals surface area contributed by atoms with Gasteiger partial charge in [-0.05, 0) is 6.92 Å². The fourth-order valence-electron chi connectivity index (χ4n) is 1.72. The lowest BCUT2D eigenvalue weighted by Gasteiger charge is -2.28. The summed E-state index contributed by atoms with van der Waals surface area (Å²) in [6, 6.07) is 1.75. The van der Waals surface area contributed by atoms with Gasteiger partial charge in [0.15, 0.2) is 5.78 Å². The number of nitrogens with two attached hydrogens (primary N) is 1. The number of Topliss-reactive ketones (excluding diaryl/α,β-unsaturated/α-hetero) is 1. The summed E-state index contributed by atoms with van der Waals surface area (Å²) in [7, 11) is 0. The van der Waals surface area contributed by atoms with Crippen molar-refractivity contribution in [1.29, 1.82) is 0 Å². The van der Waals surface area contributed by atoms with Gasteiger partial charge in [0.25, 0.3) is 0 Å². The smallest absolute Gasteiger partial charge is 0.163 e. The van der Waals surface area contributed by atoms with E-state index in [1.807, 2.05) is 0 Å². The second-order valence-electron chi connectivity index (χ2n) is 3.79.